The average molecular weight is 375 g/mol. The van der Waals surface area contributed by atoms with Gasteiger partial charge in [0, 0.05) is 11.6 Å². The fourth-order valence-electron chi connectivity index (χ4n) is 3.64. The Hall–Kier alpha value is -1.92. The summed E-state index contributed by atoms with van der Waals surface area (Å²) >= 11 is 0. The van der Waals surface area contributed by atoms with Crippen LogP contribution in [0.15, 0.2) is 24.3 Å². The fraction of sp³-hybridized carbons (Fsp3) is 0.619. The van der Waals surface area contributed by atoms with Crippen molar-refractivity contribution < 1.29 is 19.4 Å². The van der Waals surface area contributed by atoms with Crippen molar-refractivity contribution >= 4 is 11.8 Å². The second kappa shape index (κ2) is 8.85. The maximum Gasteiger partial charge on any atom is 0.278 e. The molecule has 27 heavy (non-hydrogen) atoms. The lowest BCUT2D eigenvalue weighted by atomic mass is 10.1. The summed E-state index contributed by atoms with van der Waals surface area (Å²) in [4.78, 5) is 29.3. The first-order valence-corrected chi connectivity index (χ1v) is 10.2. The molecule has 0 bridgehead atoms. The summed E-state index contributed by atoms with van der Waals surface area (Å²) in [6.45, 7) is 9.00. The van der Waals surface area contributed by atoms with Crippen molar-refractivity contribution in [2.45, 2.75) is 45.3 Å². The molecule has 1 aromatic carbocycles. The Kier molecular flexibility index (Phi) is 6.50. The van der Waals surface area contributed by atoms with Crippen molar-refractivity contribution in [3.63, 3.8) is 0 Å². The molecule has 2 fully saturated rings. The number of hydrogen-bond donors (Lipinski definition) is 3. The number of benzene rings is 1. The van der Waals surface area contributed by atoms with Crippen LogP contribution in [0.3, 0.4) is 0 Å². The number of likely N-dealkylation sites (N-methyl/N-ethyl adjacent to an activating group) is 1. The third kappa shape index (κ3) is 5.78. The molecule has 2 aliphatic rings. The molecule has 1 unspecified atom stereocenters. The molecule has 1 saturated carbocycles. The van der Waals surface area contributed by atoms with E-state index < -0.39 is 0 Å². The molecule has 6 nitrogen and oxygen atoms in total. The van der Waals surface area contributed by atoms with Gasteiger partial charge in [0.15, 0.2) is 12.6 Å². The highest BCUT2D eigenvalue weighted by Crippen LogP contribution is 2.18. The van der Waals surface area contributed by atoms with Crippen molar-refractivity contribution in [3.05, 3.63) is 35.4 Å². The standard InChI is InChI=1S/C21H32N4O2/c1-16-5-4-6-18(13-16)14-24-9-11-25(12-10-24)20(26)15-23(3)17(2)21(27)22-19-7-8-19/h4-6,13,17,19H,7-12,14-15H2,1-3H3,(H,22,27)/p+2/t17-/m1/s1. The van der Waals surface area contributed by atoms with E-state index in [4.69, 9.17) is 0 Å². The summed E-state index contributed by atoms with van der Waals surface area (Å²) in [7, 11) is 1.94. The van der Waals surface area contributed by atoms with E-state index >= 15 is 0 Å². The maximum absolute atomic E-state index is 12.6. The van der Waals surface area contributed by atoms with Crippen LogP contribution >= 0.6 is 0 Å². The van der Waals surface area contributed by atoms with Crippen LogP contribution < -0.4 is 15.1 Å². The van der Waals surface area contributed by atoms with Crippen molar-refractivity contribution in [2.75, 3.05) is 39.8 Å². The fourth-order valence-corrected chi connectivity index (χ4v) is 3.64. The minimum absolute atomic E-state index is 0.0650. The Labute approximate surface area is 162 Å². The second-order valence-corrected chi connectivity index (χ2v) is 8.32. The number of piperazine rings is 1. The van der Waals surface area contributed by atoms with Gasteiger partial charge < -0.3 is 20.0 Å². The zero-order valence-electron chi connectivity index (χ0n) is 16.9. The van der Waals surface area contributed by atoms with Gasteiger partial charge in [0.05, 0.1) is 33.2 Å². The number of rotatable bonds is 7. The predicted molar refractivity (Wildman–Crippen MR) is 105 cm³/mol. The van der Waals surface area contributed by atoms with Gasteiger partial charge in [-0.05, 0) is 26.7 Å². The molecule has 1 aromatic rings. The van der Waals surface area contributed by atoms with E-state index in [0.717, 1.165) is 50.5 Å². The molecule has 6 heteroatoms. The molecule has 1 saturated heterocycles. The van der Waals surface area contributed by atoms with Crippen molar-refractivity contribution in [1.29, 1.82) is 0 Å². The highest BCUT2D eigenvalue weighted by molar-refractivity contribution is 5.81. The van der Waals surface area contributed by atoms with E-state index in [1.54, 1.807) is 0 Å². The normalized spacial score (nSPS) is 20.2. The van der Waals surface area contributed by atoms with Crippen LogP contribution in [0, 0.1) is 6.92 Å². The van der Waals surface area contributed by atoms with Gasteiger partial charge in [-0.2, -0.15) is 0 Å². The van der Waals surface area contributed by atoms with Crippen LogP contribution in [0.4, 0.5) is 0 Å². The van der Waals surface area contributed by atoms with Gasteiger partial charge in [0.2, 0.25) is 0 Å². The van der Waals surface area contributed by atoms with Crippen LogP contribution in [0.2, 0.25) is 0 Å². The minimum atomic E-state index is -0.192. The van der Waals surface area contributed by atoms with E-state index in [1.807, 2.05) is 18.9 Å². The van der Waals surface area contributed by atoms with Gasteiger partial charge in [-0.15, -0.1) is 0 Å². The van der Waals surface area contributed by atoms with Crippen LogP contribution in [0.5, 0.6) is 0 Å². The van der Waals surface area contributed by atoms with Gasteiger partial charge in [-0.1, -0.05) is 29.8 Å². The van der Waals surface area contributed by atoms with E-state index in [2.05, 4.69) is 36.5 Å². The minimum Gasteiger partial charge on any atom is -0.348 e. The Bertz CT molecular complexity index is 666. The van der Waals surface area contributed by atoms with E-state index in [-0.39, 0.29) is 17.9 Å². The number of carbonyl (C=O) groups is 2. The first-order valence-electron chi connectivity index (χ1n) is 10.2. The van der Waals surface area contributed by atoms with Gasteiger partial charge in [-0.3, -0.25) is 9.59 Å². The molecule has 0 aromatic heterocycles. The molecule has 2 atom stereocenters. The molecule has 3 rings (SSSR count). The molecular weight excluding hydrogens is 340 g/mol. The first kappa shape index (κ1) is 19.8. The van der Waals surface area contributed by atoms with Crippen LogP contribution in [-0.4, -0.2) is 68.6 Å². The van der Waals surface area contributed by atoms with E-state index in [0.29, 0.717) is 12.6 Å². The molecule has 1 heterocycles. The van der Waals surface area contributed by atoms with Gasteiger partial charge in [0.1, 0.15) is 6.54 Å². The number of quaternary nitrogens is 2. The number of hydrogen-bond acceptors (Lipinski definition) is 2. The lowest BCUT2D eigenvalue weighted by Gasteiger charge is -2.33. The molecule has 2 amide bonds. The maximum atomic E-state index is 12.6. The number of nitrogens with one attached hydrogen (secondary N) is 3. The summed E-state index contributed by atoms with van der Waals surface area (Å²) in [5, 5.41) is 3.03. The van der Waals surface area contributed by atoms with Crippen molar-refractivity contribution in [3.8, 4) is 0 Å². The van der Waals surface area contributed by atoms with Crippen LogP contribution in [0.1, 0.15) is 30.9 Å². The monoisotopic (exact) mass is 374 g/mol. The van der Waals surface area contributed by atoms with Crippen LogP contribution in [-0.2, 0) is 16.1 Å². The zero-order chi connectivity index (χ0) is 19.4. The Morgan fingerprint density at radius 2 is 2.00 bits per heavy atom. The molecule has 0 radical (unpaired) electrons. The van der Waals surface area contributed by atoms with Gasteiger partial charge >= 0.3 is 0 Å². The highest BCUT2D eigenvalue weighted by atomic mass is 16.2. The van der Waals surface area contributed by atoms with Crippen molar-refractivity contribution in [1.82, 2.24) is 10.2 Å². The van der Waals surface area contributed by atoms with Crippen LogP contribution in [0.25, 0.3) is 0 Å². The second-order valence-electron chi connectivity index (χ2n) is 8.32. The quantitative estimate of drug-likeness (QED) is 0.539. The average Bonchev–Trinajstić information content (AvgIpc) is 3.45. The Balaban J connectivity index is 1.41. The van der Waals surface area contributed by atoms with Gasteiger partial charge in [0.25, 0.3) is 11.8 Å². The zero-order valence-corrected chi connectivity index (χ0v) is 16.9. The lowest BCUT2D eigenvalue weighted by Crippen LogP contribution is -3.16. The number of aryl methyl sites for hydroxylation is 1. The first-order chi connectivity index (χ1) is 12.9. The smallest absolute Gasteiger partial charge is 0.278 e. The SMILES string of the molecule is Cc1cccc(C[NH+]2CCN(C(=O)C[NH+](C)[C@H](C)C(=O)NC3CC3)CC2)c1. The Morgan fingerprint density at radius 3 is 2.63 bits per heavy atom. The molecule has 1 aliphatic carbocycles. The topological polar surface area (TPSA) is 58.3 Å². The number of amides is 2. The largest absolute Gasteiger partial charge is 0.348 e. The summed E-state index contributed by atoms with van der Waals surface area (Å²) in [6.07, 6.45) is 2.18. The number of nitrogens with zero attached hydrogens (tertiary/aromatic N) is 1. The van der Waals surface area contributed by atoms with Crippen molar-refractivity contribution in [2.24, 2.45) is 0 Å². The predicted octanol–water partition coefficient (Wildman–Crippen LogP) is -1.60. The summed E-state index contributed by atoms with van der Waals surface area (Å²) in [6, 6.07) is 8.85. The molecule has 3 N–H and O–H groups in total. The molecular formula is C21H34N4O2+2. The molecule has 1 aliphatic heterocycles. The molecule has 148 valence electrons. The Morgan fingerprint density at radius 1 is 1.30 bits per heavy atom. The summed E-state index contributed by atoms with van der Waals surface area (Å²) < 4.78 is 0. The third-order valence-electron chi connectivity index (χ3n) is 5.85. The number of carbonyl (C=O) groups excluding carboxylic acids is 2. The van der Waals surface area contributed by atoms with E-state index in [1.165, 1.54) is 16.0 Å². The lowest BCUT2D eigenvalue weighted by molar-refractivity contribution is -0.918. The molecule has 0 spiro atoms. The highest BCUT2D eigenvalue weighted by Gasteiger charge is 2.31. The summed E-state index contributed by atoms with van der Waals surface area (Å²) in [5.41, 5.74) is 2.66. The summed E-state index contributed by atoms with van der Waals surface area (Å²) in [5.74, 6) is 0.225. The van der Waals surface area contributed by atoms with E-state index in [9.17, 15) is 9.59 Å². The third-order valence-corrected chi connectivity index (χ3v) is 5.85. The van der Waals surface area contributed by atoms with Gasteiger partial charge in [-0.25, -0.2) is 0 Å².